The smallest absolute Gasteiger partial charge is 0.417 e. The van der Waals surface area contributed by atoms with Crippen LogP contribution in [0.1, 0.15) is 33.2 Å². The van der Waals surface area contributed by atoms with Crippen molar-refractivity contribution in [2.45, 2.75) is 13.1 Å². The van der Waals surface area contributed by atoms with Crippen LogP contribution in [0.15, 0.2) is 48.5 Å². The Morgan fingerprint density at radius 2 is 1.48 bits per heavy atom. The fourth-order valence-electron chi connectivity index (χ4n) is 3.54. The topological polar surface area (TPSA) is 79.0 Å². The number of alkyl halides is 3. The quantitative estimate of drug-likeness (QED) is 0.715. The van der Waals surface area contributed by atoms with Crippen molar-refractivity contribution in [3.8, 4) is 5.75 Å². The third kappa shape index (κ3) is 5.82. The Morgan fingerprint density at radius 3 is 2.12 bits per heavy atom. The number of rotatable bonds is 6. The Morgan fingerprint density at radius 1 is 0.909 bits per heavy atom. The molecule has 0 unspecified atom stereocenters. The van der Waals surface area contributed by atoms with Crippen LogP contribution in [0.25, 0.3) is 0 Å². The van der Waals surface area contributed by atoms with Crippen LogP contribution in [0.5, 0.6) is 5.75 Å². The molecule has 3 rings (SSSR count). The van der Waals surface area contributed by atoms with Crippen LogP contribution >= 0.6 is 0 Å². The van der Waals surface area contributed by atoms with Gasteiger partial charge in [0.15, 0.2) is 0 Å². The lowest BCUT2D eigenvalue weighted by atomic mass is 10.1. The number of halogens is 3. The number of carbonyl (C=O) groups is 3. The highest BCUT2D eigenvalue weighted by Gasteiger charge is 2.36. The van der Waals surface area contributed by atoms with Crippen molar-refractivity contribution in [1.82, 2.24) is 15.1 Å². The van der Waals surface area contributed by atoms with Crippen LogP contribution in [0, 0.1) is 0 Å². The molecule has 176 valence electrons. The van der Waals surface area contributed by atoms with Crippen molar-refractivity contribution in [1.29, 1.82) is 0 Å². The van der Waals surface area contributed by atoms with E-state index < -0.39 is 29.1 Å². The highest BCUT2D eigenvalue weighted by Crippen LogP contribution is 2.32. The van der Waals surface area contributed by atoms with Crippen molar-refractivity contribution in [3.05, 3.63) is 65.2 Å². The van der Waals surface area contributed by atoms with Crippen molar-refractivity contribution < 1.29 is 32.3 Å². The first-order valence-electron chi connectivity index (χ1n) is 10.5. The first kappa shape index (κ1) is 24.1. The number of hydrogen-bond donors (Lipinski definition) is 1. The van der Waals surface area contributed by atoms with E-state index in [2.05, 4.69) is 5.32 Å². The Bertz CT molecular complexity index is 1020. The van der Waals surface area contributed by atoms with Crippen LogP contribution in [0.4, 0.5) is 13.2 Å². The molecule has 2 aromatic rings. The number of nitrogens with one attached hydrogen (secondary N) is 1. The summed E-state index contributed by atoms with van der Waals surface area (Å²) in [6.07, 6.45) is -4.64. The second-order valence-corrected chi connectivity index (χ2v) is 7.33. The lowest BCUT2D eigenvalue weighted by molar-refractivity contribution is -0.138. The average molecular weight is 463 g/mol. The number of para-hydroxylation sites is 1. The fourth-order valence-corrected chi connectivity index (χ4v) is 3.54. The van der Waals surface area contributed by atoms with Crippen molar-refractivity contribution >= 4 is 17.7 Å². The van der Waals surface area contributed by atoms with Crippen molar-refractivity contribution in [2.24, 2.45) is 0 Å². The van der Waals surface area contributed by atoms with E-state index in [4.69, 9.17) is 4.74 Å². The fraction of sp³-hybridized carbons (Fsp3) is 0.348. The number of benzene rings is 2. The summed E-state index contributed by atoms with van der Waals surface area (Å²) in [5.41, 5.74) is -1.08. The molecule has 3 amide bonds. The zero-order valence-electron chi connectivity index (χ0n) is 18.0. The third-order valence-corrected chi connectivity index (χ3v) is 5.21. The molecule has 0 saturated carbocycles. The zero-order chi connectivity index (χ0) is 24.0. The molecule has 0 aromatic heterocycles. The van der Waals surface area contributed by atoms with Crippen LogP contribution in [-0.4, -0.2) is 66.9 Å². The van der Waals surface area contributed by atoms with E-state index in [-0.39, 0.29) is 38.6 Å². The summed E-state index contributed by atoms with van der Waals surface area (Å²) in [5, 5.41) is 2.56. The molecule has 10 heteroatoms. The summed E-state index contributed by atoms with van der Waals surface area (Å²) in [4.78, 5) is 40.4. The number of amides is 3. The minimum Gasteiger partial charge on any atom is -0.493 e. The first-order chi connectivity index (χ1) is 15.7. The molecule has 0 aliphatic carbocycles. The molecule has 1 N–H and O–H groups in total. The Kier molecular flexibility index (Phi) is 7.57. The van der Waals surface area contributed by atoms with Gasteiger partial charge in [-0.25, -0.2) is 0 Å². The molecule has 7 nitrogen and oxygen atoms in total. The van der Waals surface area contributed by atoms with E-state index in [1.807, 2.05) is 0 Å². The second-order valence-electron chi connectivity index (χ2n) is 7.33. The molecule has 1 fully saturated rings. The molecular weight excluding hydrogens is 439 g/mol. The van der Waals surface area contributed by atoms with Crippen LogP contribution < -0.4 is 10.1 Å². The van der Waals surface area contributed by atoms with Gasteiger partial charge in [0, 0.05) is 26.2 Å². The average Bonchev–Trinajstić information content (AvgIpc) is 2.82. The van der Waals surface area contributed by atoms with Crippen LogP contribution in [0.2, 0.25) is 0 Å². The minimum absolute atomic E-state index is 0.0951. The summed E-state index contributed by atoms with van der Waals surface area (Å²) >= 11 is 0. The first-order valence-corrected chi connectivity index (χ1v) is 10.5. The Labute approximate surface area is 189 Å². The predicted molar refractivity (Wildman–Crippen MR) is 114 cm³/mol. The van der Waals surface area contributed by atoms with E-state index in [9.17, 15) is 27.6 Å². The minimum atomic E-state index is -4.64. The van der Waals surface area contributed by atoms with Gasteiger partial charge in [-0.15, -0.1) is 0 Å². The summed E-state index contributed by atoms with van der Waals surface area (Å²) in [7, 11) is 0. The molecule has 0 bridgehead atoms. The predicted octanol–water partition coefficient (Wildman–Crippen LogP) is 2.82. The summed E-state index contributed by atoms with van der Waals surface area (Å²) in [6, 6.07) is 11.3. The number of carbonyl (C=O) groups excluding carboxylic acids is 3. The molecule has 2 aromatic carbocycles. The summed E-state index contributed by atoms with van der Waals surface area (Å²) in [5.74, 6) is -1.11. The molecule has 0 spiro atoms. The standard InChI is InChI=1S/C23H24F3N3O4/c1-2-33-19-10-6-4-8-17(19)21(31)27-15-20(30)28-11-13-29(14-12-28)22(32)16-7-3-5-9-18(16)23(24,25)26/h3-10H,2,11-15H2,1H3,(H,27,31). The number of piperazine rings is 1. The maximum atomic E-state index is 13.2. The number of ether oxygens (including phenoxy) is 1. The van der Waals surface area contributed by atoms with Gasteiger partial charge in [-0.3, -0.25) is 14.4 Å². The second kappa shape index (κ2) is 10.4. The van der Waals surface area contributed by atoms with Gasteiger partial charge < -0.3 is 19.9 Å². The largest absolute Gasteiger partial charge is 0.493 e. The number of nitrogens with zero attached hydrogens (tertiary/aromatic N) is 2. The maximum Gasteiger partial charge on any atom is 0.417 e. The van der Waals surface area contributed by atoms with Gasteiger partial charge >= 0.3 is 6.18 Å². The van der Waals surface area contributed by atoms with Gasteiger partial charge in [0.05, 0.1) is 29.8 Å². The lowest BCUT2D eigenvalue weighted by Crippen LogP contribution is -2.52. The zero-order valence-corrected chi connectivity index (χ0v) is 18.0. The van der Waals surface area contributed by atoms with Crippen LogP contribution in [0.3, 0.4) is 0 Å². The highest BCUT2D eigenvalue weighted by atomic mass is 19.4. The van der Waals surface area contributed by atoms with Gasteiger partial charge in [-0.1, -0.05) is 24.3 Å². The van der Waals surface area contributed by atoms with Gasteiger partial charge in [0.25, 0.3) is 11.8 Å². The van der Waals surface area contributed by atoms with E-state index in [1.165, 1.54) is 21.9 Å². The SMILES string of the molecule is CCOc1ccccc1C(=O)NCC(=O)N1CCN(C(=O)c2ccccc2C(F)(F)F)CC1. The molecule has 1 heterocycles. The molecule has 1 saturated heterocycles. The molecule has 1 aliphatic heterocycles. The third-order valence-electron chi connectivity index (χ3n) is 5.21. The molecule has 0 atom stereocenters. The Balaban J connectivity index is 1.55. The highest BCUT2D eigenvalue weighted by molar-refractivity contribution is 5.99. The van der Waals surface area contributed by atoms with Crippen molar-refractivity contribution in [3.63, 3.8) is 0 Å². The lowest BCUT2D eigenvalue weighted by Gasteiger charge is -2.35. The molecule has 0 radical (unpaired) electrons. The van der Waals surface area contributed by atoms with E-state index in [1.54, 1.807) is 31.2 Å². The van der Waals surface area contributed by atoms with E-state index in [0.29, 0.717) is 17.9 Å². The van der Waals surface area contributed by atoms with E-state index >= 15 is 0 Å². The normalized spacial score (nSPS) is 14.1. The molecule has 33 heavy (non-hydrogen) atoms. The van der Waals surface area contributed by atoms with Crippen molar-refractivity contribution in [2.75, 3.05) is 39.3 Å². The summed E-state index contributed by atoms with van der Waals surface area (Å²) < 4.78 is 45.1. The van der Waals surface area contributed by atoms with Gasteiger partial charge in [0.1, 0.15) is 5.75 Å². The molecular formula is C23H24F3N3O4. The number of hydrogen-bond acceptors (Lipinski definition) is 4. The van der Waals surface area contributed by atoms with Crippen LogP contribution in [-0.2, 0) is 11.0 Å². The van der Waals surface area contributed by atoms with Gasteiger partial charge in [-0.2, -0.15) is 13.2 Å². The van der Waals surface area contributed by atoms with E-state index in [0.717, 1.165) is 12.1 Å². The Hall–Kier alpha value is -3.56. The molecule has 1 aliphatic rings. The van der Waals surface area contributed by atoms with Gasteiger partial charge in [0.2, 0.25) is 5.91 Å². The van der Waals surface area contributed by atoms with Gasteiger partial charge in [-0.05, 0) is 31.2 Å². The monoisotopic (exact) mass is 463 g/mol. The summed E-state index contributed by atoms with van der Waals surface area (Å²) in [6.45, 7) is 2.44. The maximum absolute atomic E-state index is 13.2.